The van der Waals surface area contributed by atoms with Crippen LogP contribution in [0.5, 0.6) is 0 Å². The van der Waals surface area contributed by atoms with Crippen molar-refractivity contribution in [1.29, 1.82) is 0 Å². The van der Waals surface area contributed by atoms with E-state index in [0.717, 1.165) is 5.69 Å². The quantitative estimate of drug-likeness (QED) is 0.385. The van der Waals surface area contributed by atoms with E-state index < -0.39 is 0 Å². The van der Waals surface area contributed by atoms with Crippen LogP contribution < -0.4 is 10.6 Å². The summed E-state index contributed by atoms with van der Waals surface area (Å²) in [5.41, 5.74) is 9.24. The van der Waals surface area contributed by atoms with Gasteiger partial charge >= 0.3 is 0 Å². The van der Waals surface area contributed by atoms with Crippen molar-refractivity contribution in [3.63, 3.8) is 0 Å². The van der Waals surface area contributed by atoms with Gasteiger partial charge in [-0.05, 0) is 43.2 Å². The molecule has 0 aliphatic rings. The van der Waals surface area contributed by atoms with E-state index in [-0.39, 0.29) is 5.84 Å². The average molecular weight is 271 g/mol. The number of anilines is 2. The zero-order valence-corrected chi connectivity index (χ0v) is 11.7. The van der Waals surface area contributed by atoms with Crippen LogP contribution in [0.3, 0.4) is 0 Å². The van der Waals surface area contributed by atoms with Gasteiger partial charge in [-0.2, -0.15) is 0 Å². The fraction of sp³-hybridized carbons (Fsp3) is 0.214. The molecule has 6 heteroatoms. The number of nitrogens with two attached hydrogens (primary N) is 1. The standard InChI is InChI=1S/C14H17N5O/c1-9-6-10(2)8-11(7-9)19(3)14-16-5-4-12(17-14)13(15)18-20/h4-8,20H,1-3H3,(H2,15,18). The van der Waals surface area contributed by atoms with Gasteiger partial charge < -0.3 is 15.8 Å². The van der Waals surface area contributed by atoms with E-state index in [2.05, 4.69) is 21.2 Å². The van der Waals surface area contributed by atoms with E-state index in [1.165, 1.54) is 11.1 Å². The Balaban J connectivity index is 2.40. The summed E-state index contributed by atoms with van der Waals surface area (Å²) >= 11 is 0. The lowest BCUT2D eigenvalue weighted by Crippen LogP contribution is -2.19. The number of benzene rings is 1. The van der Waals surface area contributed by atoms with Gasteiger partial charge in [-0.1, -0.05) is 11.2 Å². The van der Waals surface area contributed by atoms with Crippen LogP contribution in [-0.2, 0) is 0 Å². The Morgan fingerprint density at radius 3 is 2.50 bits per heavy atom. The molecular formula is C14H17N5O. The number of nitrogens with zero attached hydrogens (tertiary/aromatic N) is 4. The molecule has 0 bridgehead atoms. The molecule has 0 unspecified atom stereocenters. The summed E-state index contributed by atoms with van der Waals surface area (Å²) in [5.74, 6) is 0.446. The molecule has 20 heavy (non-hydrogen) atoms. The molecule has 0 atom stereocenters. The van der Waals surface area contributed by atoms with Crippen LogP contribution in [0.15, 0.2) is 35.6 Å². The minimum atomic E-state index is -0.0394. The van der Waals surface area contributed by atoms with Gasteiger partial charge in [0, 0.05) is 18.9 Å². The predicted octanol–water partition coefficient (Wildman–Crippen LogP) is 1.96. The lowest BCUT2D eigenvalue weighted by molar-refractivity contribution is 0.318. The van der Waals surface area contributed by atoms with Crippen LogP contribution >= 0.6 is 0 Å². The maximum Gasteiger partial charge on any atom is 0.230 e. The van der Waals surface area contributed by atoms with Gasteiger partial charge in [0.15, 0.2) is 5.84 Å². The molecule has 2 rings (SSSR count). The number of hydrogen-bond donors (Lipinski definition) is 2. The summed E-state index contributed by atoms with van der Waals surface area (Å²) in [6.45, 7) is 4.08. The van der Waals surface area contributed by atoms with Crippen molar-refractivity contribution >= 4 is 17.5 Å². The Labute approximate surface area is 117 Å². The fourth-order valence-electron chi connectivity index (χ4n) is 1.96. The Hall–Kier alpha value is -2.63. The van der Waals surface area contributed by atoms with E-state index in [1.807, 2.05) is 37.9 Å². The van der Waals surface area contributed by atoms with Crippen LogP contribution in [0.4, 0.5) is 11.6 Å². The minimum absolute atomic E-state index is 0.0394. The molecule has 0 spiro atoms. The Morgan fingerprint density at radius 1 is 1.25 bits per heavy atom. The van der Waals surface area contributed by atoms with Gasteiger partial charge in [-0.3, -0.25) is 0 Å². The van der Waals surface area contributed by atoms with Gasteiger partial charge in [-0.25, -0.2) is 9.97 Å². The highest BCUT2D eigenvalue weighted by atomic mass is 16.4. The summed E-state index contributed by atoms with van der Waals surface area (Å²) in [6.07, 6.45) is 1.58. The summed E-state index contributed by atoms with van der Waals surface area (Å²) in [6, 6.07) is 7.79. The van der Waals surface area contributed by atoms with E-state index in [1.54, 1.807) is 12.3 Å². The van der Waals surface area contributed by atoms with Crippen molar-refractivity contribution in [3.05, 3.63) is 47.3 Å². The second-order valence-corrected chi connectivity index (χ2v) is 4.63. The lowest BCUT2D eigenvalue weighted by atomic mass is 10.1. The largest absolute Gasteiger partial charge is 0.409 e. The first-order chi connectivity index (χ1) is 9.51. The van der Waals surface area contributed by atoms with Crippen LogP contribution in [-0.4, -0.2) is 28.1 Å². The van der Waals surface area contributed by atoms with Crippen molar-refractivity contribution in [2.45, 2.75) is 13.8 Å². The zero-order valence-electron chi connectivity index (χ0n) is 11.7. The molecule has 2 aromatic rings. The van der Waals surface area contributed by atoms with E-state index in [4.69, 9.17) is 10.9 Å². The van der Waals surface area contributed by atoms with Gasteiger partial charge in [-0.15, -0.1) is 0 Å². The lowest BCUT2D eigenvalue weighted by Gasteiger charge is -2.18. The topological polar surface area (TPSA) is 87.6 Å². The number of aromatic nitrogens is 2. The highest BCUT2D eigenvalue weighted by Gasteiger charge is 2.10. The number of amidine groups is 1. The van der Waals surface area contributed by atoms with E-state index >= 15 is 0 Å². The zero-order chi connectivity index (χ0) is 14.7. The predicted molar refractivity (Wildman–Crippen MR) is 78.5 cm³/mol. The van der Waals surface area contributed by atoms with Crippen molar-refractivity contribution < 1.29 is 5.21 Å². The third-order valence-corrected chi connectivity index (χ3v) is 2.91. The molecule has 0 amide bonds. The molecule has 0 aliphatic heterocycles. The average Bonchev–Trinajstić information content (AvgIpc) is 2.44. The first-order valence-electron chi connectivity index (χ1n) is 6.14. The smallest absolute Gasteiger partial charge is 0.230 e. The van der Waals surface area contributed by atoms with Crippen LogP contribution in [0.2, 0.25) is 0 Å². The molecule has 1 aromatic heterocycles. The fourth-order valence-corrected chi connectivity index (χ4v) is 1.96. The Morgan fingerprint density at radius 2 is 1.90 bits per heavy atom. The summed E-state index contributed by atoms with van der Waals surface area (Å²) in [4.78, 5) is 10.3. The van der Waals surface area contributed by atoms with Gasteiger partial charge in [0.2, 0.25) is 5.95 Å². The maximum absolute atomic E-state index is 8.70. The second-order valence-electron chi connectivity index (χ2n) is 4.63. The summed E-state index contributed by atoms with van der Waals surface area (Å²) < 4.78 is 0. The molecule has 1 heterocycles. The van der Waals surface area contributed by atoms with Gasteiger partial charge in [0.05, 0.1) is 0 Å². The number of rotatable bonds is 3. The molecule has 3 N–H and O–H groups in total. The molecule has 1 aromatic carbocycles. The molecule has 0 aliphatic carbocycles. The van der Waals surface area contributed by atoms with E-state index in [0.29, 0.717) is 11.6 Å². The second kappa shape index (κ2) is 5.56. The van der Waals surface area contributed by atoms with Crippen LogP contribution in [0.1, 0.15) is 16.8 Å². The first kappa shape index (κ1) is 13.8. The molecule has 0 radical (unpaired) electrons. The molecular weight excluding hydrogens is 254 g/mol. The summed E-state index contributed by atoms with van der Waals surface area (Å²) in [7, 11) is 1.87. The molecule has 6 nitrogen and oxygen atoms in total. The van der Waals surface area contributed by atoms with Crippen molar-refractivity contribution in [2.24, 2.45) is 10.9 Å². The maximum atomic E-state index is 8.70. The van der Waals surface area contributed by atoms with Crippen molar-refractivity contribution in [1.82, 2.24) is 9.97 Å². The highest BCUT2D eigenvalue weighted by Crippen LogP contribution is 2.22. The minimum Gasteiger partial charge on any atom is -0.409 e. The van der Waals surface area contributed by atoms with E-state index in [9.17, 15) is 0 Å². The Kier molecular flexibility index (Phi) is 3.84. The molecule has 0 fully saturated rings. The number of hydrogen-bond acceptors (Lipinski definition) is 5. The van der Waals surface area contributed by atoms with Crippen LogP contribution in [0.25, 0.3) is 0 Å². The third-order valence-electron chi connectivity index (χ3n) is 2.91. The number of oxime groups is 1. The number of aryl methyl sites for hydroxylation is 2. The van der Waals surface area contributed by atoms with Crippen molar-refractivity contribution in [3.8, 4) is 0 Å². The summed E-state index contributed by atoms with van der Waals surface area (Å²) in [5, 5.41) is 11.6. The van der Waals surface area contributed by atoms with Gasteiger partial charge in [0.25, 0.3) is 0 Å². The third kappa shape index (κ3) is 2.85. The monoisotopic (exact) mass is 271 g/mol. The van der Waals surface area contributed by atoms with Gasteiger partial charge in [0.1, 0.15) is 5.69 Å². The SMILES string of the molecule is Cc1cc(C)cc(N(C)c2nccc(/C(N)=N/O)n2)c1. The van der Waals surface area contributed by atoms with Crippen molar-refractivity contribution in [2.75, 3.05) is 11.9 Å². The highest BCUT2D eigenvalue weighted by molar-refractivity contribution is 5.95. The normalized spacial score (nSPS) is 11.4. The van der Waals surface area contributed by atoms with Crippen LogP contribution in [0, 0.1) is 13.8 Å². The Bertz CT molecular complexity index is 634. The molecule has 0 saturated carbocycles. The molecule has 104 valence electrons. The first-order valence-corrected chi connectivity index (χ1v) is 6.14. The molecule has 0 saturated heterocycles.